The molecule has 1 fully saturated rings. The van der Waals surface area contributed by atoms with Crippen LogP contribution in [0.5, 0.6) is 5.75 Å². The minimum atomic E-state index is -0.548. The monoisotopic (exact) mass is 428 g/mol. The highest BCUT2D eigenvalue weighted by atomic mass is 16.5. The topological polar surface area (TPSA) is 109 Å². The summed E-state index contributed by atoms with van der Waals surface area (Å²) < 4.78 is 7.19. The zero-order valence-electron chi connectivity index (χ0n) is 18.8. The first-order valence-electron chi connectivity index (χ1n) is 10.7. The molecule has 0 bridgehead atoms. The van der Waals surface area contributed by atoms with Crippen LogP contribution in [0, 0.1) is 0 Å². The van der Waals surface area contributed by atoms with E-state index in [0.717, 1.165) is 12.1 Å². The van der Waals surface area contributed by atoms with Gasteiger partial charge >= 0.3 is 6.03 Å². The van der Waals surface area contributed by atoms with E-state index >= 15 is 0 Å². The number of benzene rings is 1. The summed E-state index contributed by atoms with van der Waals surface area (Å²) >= 11 is 0. The fraction of sp³-hybridized carbons (Fsp3) is 0.500. The van der Waals surface area contributed by atoms with Crippen molar-refractivity contribution >= 4 is 23.4 Å². The molecule has 2 aromatic rings. The molecule has 2 atom stereocenters. The molecule has 3 amide bonds. The summed E-state index contributed by atoms with van der Waals surface area (Å²) in [6.07, 6.45) is 0.681. The van der Waals surface area contributed by atoms with Crippen LogP contribution in [0.1, 0.15) is 59.4 Å². The van der Waals surface area contributed by atoms with Crippen LogP contribution in [0.4, 0.5) is 16.3 Å². The highest BCUT2D eigenvalue weighted by Gasteiger charge is 2.30. The summed E-state index contributed by atoms with van der Waals surface area (Å²) in [5, 5.41) is 16.7. The Labute approximate surface area is 182 Å². The van der Waals surface area contributed by atoms with Gasteiger partial charge in [0.1, 0.15) is 11.6 Å². The van der Waals surface area contributed by atoms with Gasteiger partial charge in [-0.1, -0.05) is 39.8 Å². The normalized spacial score (nSPS) is 18.9. The Kier molecular flexibility index (Phi) is 6.84. The predicted octanol–water partition coefficient (Wildman–Crippen LogP) is 3.57. The fourth-order valence-electron chi connectivity index (χ4n) is 3.33. The van der Waals surface area contributed by atoms with Crippen LogP contribution in [0.15, 0.2) is 30.3 Å². The molecule has 1 saturated heterocycles. The van der Waals surface area contributed by atoms with Crippen molar-refractivity contribution < 1.29 is 14.3 Å². The van der Waals surface area contributed by atoms with E-state index in [1.807, 2.05) is 52.8 Å². The summed E-state index contributed by atoms with van der Waals surface area (Å²) in [6, 6.07) is 8.69. The summed E-state index contributed by atoms with van der Waals surface area (Å²) in [6.45, 7) is 10.5. The molecule has 0 aliphatic carbocycles. The number of hydrogen-bond acceptors (Lipinski definition) is 5. The number of amides is 3. The zero-order chi connectivity index (χ0) is 22.6. The van der Waals surface area contributed by atoms with E-state index in [4.69, 9.17) is 4.74 Å². The maximum atomic E-state index is 12.8. The van der Waals surface area contributed by atoms with E-state index < -0.39 is 12.3 Å². The Hall–Kier alpha value is -3.07. The maximum absolute atomic E-state index is 12.8. The smallest absolute Gasteiger partial charge is 0.324 e. The second kappa shape index (κ2) is 9.38. The number of anilines is 2. The van der Waals surface area contributed by atoms with Gasteiger partial charge in [0.15, 0.2) is 6.29 Å². The van der Waals surface area contributed by atoms with Gasteiger partial charge in [-0.15, -0.1) is 0 Å². The Bertz CT molecular complexity index is 934. The first-order valence-corrected chi connectivity index (χ1v) is 10.7. The lowest BCUT2D eigenvalue weighted by molar-refractivity contribution is -0.125. The molecule has 3 rings (SSSR count). The molecule has 168 valence electrons. The van der Waals surface area contributed by atoms with Crippen LogP contribution < -0.4 is 26.0 Å². The minimum Gasteiger partial charge on any atom is -0.492 e. The Morgan fingerprint density at radius 3 is 2.68 bits per heavy atom. The van der Waals surface area contributed by atoms with Crippen LogP contribution in [0.25, 0.3) is 0 Å². The molecule has 2 heterocycles. The number of para-hydroxylation sites is 2. The van der Waals surface area contributed by atoms with Gasteiger partial charge in [0, 0.05) is 23.9 Å². The van der Waals surface area contributed by atoms with Crippen LogP contribution in [-0.2, 0) is 10.2 Å². The number of carbonyl (C=O) groups is 2. The zero-order valence-corrected chi connectivity index (χ0v) is 18.8. The molecule has 2 unspecified atom stereocenters. The molecule has 1 aromatic carbocycles. The van der Waals surface area contributed by atoms with Gasteiger partial charge in [0.25, 0.3) is 0 Å². The number of aromatic nitrogens is 2. The second-order valence-electron chi connectivity index (χ2n) is 8.56. The van der Waals surface area contributed by atoms with E-state index in [-0.39, 0.29) is 17.4 Å². The van der Waals surface area contributed by atoms with Crippen molar-refractivity contribution in [3.63, 3.8) is 0 Å². The van der Waals surface area contributed by atoms with E-state index in [2.05, 4.69) is 26.4 Å². The molecule has 9 nitrogen and oxygen atoms in total. The molecule has 0 spiro atoms. The van der Waals surface area contributed by atoms with Gasteiger partial charge in [-0.2, -0.15) is 5.10 Å². The number of nitrogens with zero attached hydrogens (tertiary/aromatic N) is 2. The molecular weight excluding hydrogens is 396 g/mol. The molecular formula is C22H32N6O3. The third kappa shape index (κ3) is 5.55. The average molecular weight is 429 g/mol. The number of carbonyl (C=O) groups excluding carboxylic acids is 2. The summed E-state index contributed by atoms with van der Waals surface area (Å²) in [5.74, 6) is 1.02. The third-order valence-electron chi connectivity index (χ3n) is 5.04. The molecule has 9 heteroatoms. The van der Waals surface area contributed by atoms with Gasteiger partial charge in [0.2, 0.25) is 5.91 Å². The molecule has 1 aromatic heterocycles. The van der Waals surface area contributed by atoms with Crippen LogP contribution in [-0.4, -0.2) is 34.4 Å². The number of nitrogens with one attached hydrogen (secondary N) is 4. The predicted molar refractivity (Wildman–Crippen MR) is 120 cm³/mol. The van der Waals surface area contributed by atoms with Gasteiger partial charge in [-0.25, -0.2) is 9.48 Å². The van der Waals surface area contributed by atoms with Gasteiger partial charge in [0.05, 0.1) is 18.0 Å². The standard InChI is InChI=1S/C22H32N6O3/c1-6-14-12-19(29)26-20(23-14)28-18(13-17(27-28)22(3,4)5)25-21(30)24-15-10-8-9-11-16(15)31-7-2/h8-11,13-14,20,23H,6-7,12H2,1-5H3,(H,26,29)(H2,24,25,30). The maximum Gasteiger partial charge on any atom is 0.324 e. The molecule has 1 aliphatic rings. The van der Waals surface area contributed by atoms with E-state index in [9.17, 15) is 9.59 Å². The number of ether oxygens (including phenoxy) is 1. The third-order valence-corrected chi connectivity index (χ3v) is 5.04. The fourth-order valence-corrected chi connectivity index (χ4v) is 3.33. The van der Waals surface area contributed by atoms with Crippen molar-refractivity contribution in [3.05, 3.63) is 36.0 Å². The van der Waals surface area contributed by atoms with Crippen molar-refractivity contribution in [1.29, 1.82) is 0 Å². The summed E-state index contributed by atoms with van der Waals surface area (Å²) in [4.78, 5) is 25.0. The molecule has 4 N–H and O–H groups in total. The average Bonchev–Trinajstić information content (AvgIpc) is 3.13. The Balaban J connectivity index is 1.85. The lowest BCUT2D eigenvalue weighted by Gasteiger charge is -2.32. The van der Waals surface area contributed by atoms with Gasteiger partial charge < -0.3 is 15.4 Å². The number of hydrogen-bond donors (Lipinski definition) is 4. The SMILES string of the molecule is CCOc1ccccc1NC(=O)Nc1cc(C(C)(C)C)nn1C1NC(=O)CC(CC)N1. The van der Waals surface area contributed by atoms with Gasteiger partial charge in [-0.3, -0.25) is 15.4 Å². The Morgan fingerprint density at radius 1 is 1.26 bits per heavy atom. The summed E-state index contributed by atoms with van der Waals surface area (Å²) in [5.41, 5.74) is 1.13. The van der Waals surface area contributed by atoms with Crippen molar-refractivity contribution in [1.82, 2.24) is 20.4 Å². The molecule has 31 heavy (non-hydrogen) atoms. The van der Waals surface area contributed by atoms with E-state index in [1.54, 1.807) is 16.8 Å². The summed E-state index contributed by atoms with van der Waals surface area (Å²) in [7, 11) is 0. The minimum absolute atomic E-state index is 0.0424. The van der Waals surface area contributed by atoms with Crippen molar-refractivity contribution in [2.24, 2.45) is 0 Å². The van der Waals surface area contributed by atoms with Gasteiger partial charge in [-0.05, 0) is 25.5 Å². The van der Waals surface area contributed by atoms with Crippen molar-refractivity contribution in [2.75, 3.05) is 17.2 Å². The van der Waals surface area contributed by atoms with Crippen LogP contribution in [0.3, 0.4) is 0 Å². The van der Waals surface area contributed by atoms with Crippen LogP contribution >= 0.6 is 0 Å². The number of urea groups is 1. The second-order valence-corrected chi connectivity index (χ2v) is 8.56. The highest BCUT2D eigenvalue weighted by Crippen LogP contribution is 2.27. The Morgan fingerprint density at radius 2 is 2.00 bits per heavy atom. The van der Waals surface area contributed by atoms with Crippen LogP contribution in [0.2, 0.25) is 0 Å². The lowest BCUT2D eigenvalue weighted by atomic mass is 9.92. The van der Waals surface area contributed by atoms with E-state index in [1.165, 1.54) is 0 Å². The first kappa shape index (κ1) is 22.6. The molecule has 1 aliphatic heterocycles. The van der Waals surface area contributed by atoms with Crippen molar-refractivity contribution in [2.45, 2.75) is 65.2 Å². The first-order chi connectivity index (χ1) is 14.7. The van der Waals surface area contributed by atoms with Crippen molar-refractivity contribution in [3.8, 4) is 5.75 Å². The molecule has 0 saturated carbocycles. The largest absolute Gasteiger partial charge is 0.492 e. The van der Waals surface area contributed by atoms with E-state index in [0.29, 0.717) is 30.3 Å². The quantitative estimate of drug-likeness (QED) is 0.562. The lowest BCUT2D eigenvalue weighted by Crippen LogP contribution is -2.53. The molecule has 0 radical (unpaired) electrons. The number of rotatable bonds is 6. The highest BCUT2D eigenvalue weighted by molar-refractivity contribution is 6.00.